The number of anilines is 1. The molecule has 0 aromatic carbocycles. The zero-order valence-corrected chi connectivity index (χ0v) is 11.5. The van der Waals surface area contributed by atoms with E-state index in [4.69, 9.17) is 11.6 Å². The molecule has 0 saturated heterocycles. The van der Waals surface area contributed by atoms with E-state index in [0.29, 0.717) is 11.9 Å². The van der Waals surface area contributed by atoms with Gasteiger partial charge in [0.1, 0.15) is 0 Å². The fourth-order valence-electron chi connectivity index (χ4n) is 2.41. The smallest absolute Gasteiger partial charge is 0.0592 e. The van der Waals surface area contributed by atoms with Gasteiger partial charge in [0.25, 0.3) is 0 Å². The minimum atomic E-state index is 0.650. The normalized spacial score (nSPS) is 16.6. The van der Waals surface area contributed by atoms with Gasteiger partial charge in [-0.25, -0.2) is 0 Å². The quantitative estimate of drug-likeness (QED) is 0.786. The Balaban J connectivity index is 2.21. The maximum atomic E-state index is 5.90. The lowest BCUT2D eigenvalue weighted by Crippen LogP contribution is -2.35. The van der Waals surface area contributed by atoms with Crippen molar-refractivity contribution in [2.45, 2.75) is 31.7 Å². The number of nitrogens with zero attached hydrogens (tertiary/aromatic N) is 2. The molecule has 1 saturated carbocycles. The van der Waals surface area contributed by atoms with Crippen LogP contribution in [-0.4, -0.2) is 23.5 Å². The van der Waals surface area contributed by atoms with Crippen molar-refractivity contribution in [3.05, 3.63) is 22.9 Å². The molecule has 2 rings (SSSR count). The Morgan fingerprint density at radius 2 is 2.19 bits per heavy atom. The Kier molecular flexibility index (Phi) is 4.47. The standard InChI is InChI=1S/C12H16BrClN2/c13-11-9-15-7-5-12(11)16(8-6-14)10-3-1-2-4-10/h5,7,9-10H,1-4,6,8H2. The van der Waals surface area contributed by atoms with Crippen LogP contribution in [0.4, 0.5) is 5.69 Å². The van der Waals surface area contributed by atoms with Crippen LogP contribution >= 0.6 is 27.5 Å². The third-order valence-electron chi connectivity index (χ3n) is 3.15. The monoisotopic (exact) mass is 302 g/mol. The van der Waals surface area contributed by atoms with Crippen LogP contribution < -0.4 is 4.90 Å². The molecule has 0 bridgehead atoms. The molecule has 0 aliphatic heterocycles. The zero-order chi connectivity index (χ0) is 11.4. The molecule has 1 aromatic rings. The van der Waals surface area contributed by atoms with Crippen LogP contribution in [0, 0.1) is 0 Å². The first-order valence-electron chi connectivity index (χ1n) is 5.75. The predicted octanol–water partition coefficient (Wildman–Crippen LogP) is 3.83. The lowest BCUT2D eigenvalue weighted by atomic mass is 10.2. The second kappa shape index (κ2) is 5.87. The number of aromatic nitrogens is 1. The Hall–Kier alpha value is -0.280. The molecular formula is C12H16BrClN2. The lowest BCUT2D eigenvalue weighted by Gasteiger charge is -2.31. The van der Waals surface area contributed by atoms with Gasteiger partial charge < -0.3 is 4.90 Å². The van der Waals surface area contributed by atoms with Gasteiger partial charge in [-0.05, 0) is 34.8 Å². The third kappa shape index (κ3) is 2.69. The van der Waals surface area contributed by atoms with Crippen molar-refractivity contribution in [1.82, 2.24) is 4.98 Å². The van der Waals surface area contributed by atoms with Crippen molar-refractivity contribution in [1.29, 1.82) is 0 Å². The van der Waals surface area contributed by atoms with Crippen LogP contribution in [-0.2, 0) is 0 Å². The van der Waals surface area contributed by atoms with Gasteiger partial charge in [0.2, 0.25) is 0 Å². The SMILES string of the molecule is ClCCN(c1ccncc1Br)C1CCCC1. The van der Waals surface area contributed by atoms with Crippen LogP contribution in [0.5, 0.6) is 0 Å². The molecule has 0 N–H and O–H groups in total. The van der Waals surface area contributed by atoms with E-state index in [0.717, 1.165) is 11.0 Å². The van der Waals surface area contributed by atoms with E-state index in [9.17, 15) is 0 Å². The molecule has 1 aliphatic carbocycles. The molecule has 1 aromatic heterocycles. The average Bonchev–Trinajstić information content (AvgIpc) is 2.80. The predicted molar refractivity (Wildman–Crippen MR) is 72.3 cm³/mol. The summed E-state index contributed by atoms with van der Waals surface area (Å²) in [7, 11) is 0. The fraction of sp³-hybridized carbons (Fsp3) is 0.583. The van der Waals surface area contributed by atoms with E-state index in [-0.39, 0.29) is 0 Å². The Labute approximate surface area is 110 Å². The number of hydrogen-bond donors (Lipinski definition) is 0. The van der Waals surface area contributed by atoms with Crippen molar-refractivity contribution in [2.24, 2.45) is 0 Å². The largest absolute Gasteiger partial charge is 0.366 e. The molecule has 0 unspecified atom stereocenters. The summed E-state index contributed by atoms with van der Waals surface area (Å²) < 4.78 is 1.06. The molecular weight excluding hydrogens is 288 g/mol. The second-order valence-corrected chi connectivity index (χ2v) is 5.38. The highest BCUT2D eigenvalue weighted by molar-refractivity contribution is 9.10. The number of rotatable bonds is 4. The van der Waals surface area contributed by atoms with Crippen LogP contribution in [0.25, 0.3) is 0 Å². The number of alkyl halides is 1. The molecule has 88 valence electrons. The van der Waals surface area contributed by atoms with Gasteiger partial charge in [0, 0.05) is 30.9 Å². The van der Waals surface area contributed by atoms with Crippen molar-refractivity contribution in [3.63, 3.8) is 0 Å². The highest BCUT2D eigenvalue weighted by atomic mass is 79.9. The second-order valence-electron chi connectivity index (χ2n) is 4.15. The summed E-state index contributed by atoms with van der Waals surface area (Å²) >= 11 is 9.47. The summed E-state index contributed by atoms with van der Waals surface area (Å²) in [5, 5.41) is 0. The van der Waals surface area contributed by atoms with Crippen LogP contribution in [0.15, 0.2) is 22.9 Å². The average molecular weight is 304 g/mol. The van der Waals surface area contributed by atoms with Crippen molar-refractivity contribution < 1.29 is 0 Å². The van der Waals surface area contributed by atoms with E-state index in [1.807, 2.05) is 12.4 Å². The first-order chi connectivity index (χ1) is 7.83. The van der Waals surface area contributed by atoms with Crippen molar-refractivity contribution in [3.8, 4) is 0 Å². The summed E-state index contributed by atoms with van der Waals surface area (Å²) in [6.07, 6.45) is 8.94. The van der Waals surface area contributed by atoms with Gasteiger partial charge in [-0.15, -0.1) is 11.6 Å². The van der Waals surface area contributed by atoms with Crippen LogP contribution in [0.2, 0.25) is 0 Å². The van der Waals surface area contributed by atoms with Crippen LogP contribution in [0.1, 0.15) is 25.7 Å². The Bertz CT molecular complexity index is 340. The molecule has 1 heterocycles. The third-order valence-corrected chi connectivity index (χ3v) is 3.93. The summed E-state index contributed by atoms with van der Waals surface area (Å²) in [5.74, 6) is 0.672. The fourth-order valence-corrected chi connectivity index (χ4v) is 3.07. The summed E-state index contributed by atoms with van der Waals surface area (Å²) in [6, 6.07) is 2.71. The van der Waals surface area contributed by atoms with Gasteiger partial charge in [-0.3, -0.25) is 4.98 Å². The van der Waals surface area contributed by atoms with Gasteiger partial charge >= 0.3 is 0 Å². The molecule has 0 atom stereocenters. The van der Waals surface area contributed by atoms with Gasteiger partial charge in [-0.1, -0.05) is 12.8 Å². The Morgan fingerprint density at radius 1 is 1.44 bits per heavy atom. The molecule has 4 heteroatoms. The minimum Gasteiger partial charge on any atom is -0.366 e. The lowest BCUT2D eigenvalue weighted by molar-refractivity contribution is 0.620. The van der Waals surface area contributed by atoms with E-state index < -0.39 is 0 Å². The van der Waals surface area contributed by atoms with Gasteiger partial charge in [-0.2, -0.15) is 0 Å². The minimum absolute atomic E-state index is 0.650. The van der Waals surface area contributed by atoms with E-state index >= 15 is 0 Å². The molecule has 2 nitrogen and oxygen atoms in total. The molecule has 0 radical (unpaired) electrons. The summed E-state index contributed by atoms with van der Waals surface area (Å²) in [5.41, 5.74) is 1.22. The first-order valence-corrected chi connectivity index (χ1v) is 7.08. The maximum Gasteiger partial charge on any atom is 0.0592 e. The summed E-state index contributed by atoms with van der Waals surface area (Å²) in [6.45, 7) is 0.912. The van der Waals surface area contributed by atoms with Gasteiger partial charge in [0.05, 0.1) is 10.2 Å². The highest BCUT2D eigenvalue weighted by Crippen LogP contribution is 2.32. The van der Waals surface area contributed by atoms with E-state index in [2.05, 4.69) is 31.9 Å². The van der Waals surface area contributed by atoms with Crippen molar-refractivity contribution in [2.75, 3.05) is 17.3 Å². The number of pyridine rings is 1. The molecule has 0 amide bonds. The maximum absolute atomic E-state index is 5.90. The molecule has 1 fully saturated rings. The molecule has 1 aliphatic rings. The first kappa shape index (κ1) is 12.2. The number of halogens is 2. The molecule has 0 spiro atoms. The summed E-state index contributed by atoms with van der Waals surface area (Å²) in [4.78, 5) is 6.53. The molecule has 16 heavy (non-hydrogen) atoms. The van der Waals surface area contributed by atoms with E-state index in [1.54, 1.807) is 0 Å². The number of hydrogen-bond acceptors (Lipinski definition) is 2. The van der Waals surface area contributed by atoms with Gasteiger partial charge in [0.15, 0.2) is 0 Å². The topological polar surface area (TPSA) is 16.1 Å². The Morgan fingerprint density at radius 3 is 2.81 bits per heavy atom. The zero-order valence-electron chi connectivity index (χ0n) is 9.20. The van der Waals surface area contributed by atoms with E-state index in [1.165, 1.54) is 31.4 Å². The van der Waals surface area contributed by atoms with Crippen molar-refractivity contribution >= 4 is 33.2 Å². The van der Waals surface area contributed by atoms with Crippen LogP contribution in [0.3, 0.4) is 0 Å². The highest BCUT2D eigenvalue weighted by Gasteiger charge is 2.23.